The maximum Gasteiger partial charge on any atom is 0.221 e. The van der Waals surface area contributed by atoms with Crippen molar-refractivity contribution in [3.05, 3.63) is 21.9 Å². The van der Waals surface area contributed by atoms with Crippen LogP contribution in [0.15, 0.2) is 12.1 Å². The van der Waals surface area contributed by atoms with Gasteiger partial charge < -0.3 is 10.6 Å². The SMILES string of the molecule is CCC(C)NC(=O)CCNCc1ccc(C(C)(C)C)s1. The van der Waals surface area contributed by atoms with Crippen LogP contribution in [0, 0.1) is 0 Å². The lowest BCUT2D eigenvalue weighted by molar-refractivity contribution is -0.121. The van der Waals surface area contributed by atoms with E-state index in [1.165, 1.54) is 9.75 Å². The molecule has 0 aromatic carbocycles. The zero-order valence-corrected chi connectivity index (χ0v) is 14.2. The number of thiophene rings is 1. The predicted molar refractivity (Wildman–Crippen MR) is 87.2 cm³/mol. The van der Waals surface area contributed by atoms with Crippen LogP contribution in [0.3, 0.4) is 0 Å². The van der Waals surface area contributed by atoms with Gasteiger partial charge in [0.05, 0.1) is 0 Å². The molecule has 2 N–H and O–H groups in total. The highest BCUT2D eigenvalue weighted by atomic mass is 32.1. The van der Waals surface area contributed by atoms with E-state index in [1.807, 2.05) is 18.3 Å². The van der Waals surface area contributed by atoms with Crippen LogP contribution < -0.4 is 10.6 Å². The molecule has 1 amide bonds. The van der Waals surface area contributed by atoms with Crippen LogP contribution in [0.2, 0.25) is 0 Å². The molecular formula is C16H28N2OS. The molecule has 1 heterocycles. The Balaban J connectivity index is 2.25. The lowest BCUT2D eigenvalue weighted by Crippen LogP contribution is -2.33. The van der Waals surface area contributed by atoms with E-state index in [1.54, 1.807) is 0 Å². The Kier molecular flexibility index (Phi) is 6.69. The Morgan fingerprint density at radius 1 is 1.35 bits per heavy atom. The first-order chi connectivity index (χ1) is 9.32. The van der Waals surface area contributed by atoms with Gasteiger partial charge in [0.25, 0.3) is 0 Å². The summed E-state index contributed by atoms with van der Waals surface area (Å²) < 4.78 is 0. The van der Waals surface area contributed by atoms with Crippen LogP contribution in [-0.4, -0.2) is 18.5 Å². The first-order valence-electron chi connectivity index (χ1n) is 7.42. The molecule has 0 saturated carbocycles. The number of hydrogen-bond acceptors (Lipinski definition) is 3. The van der Waals surface area contributed by atoms with Gasteiger partial charge in [-0.05, 0) is 30.9 Å². The van der Waals surface area contributed by atoms with E-state index in [0.29, 0.717) is 6.42 Å². The maximum atomic E-state index is 11.6. The van der Waals surface area contributed by atoms with Crippen LogP contribution in [0.4, 0.5) is 0 Å². The van der Waals surface area contributed by atoms with Gasteiger partial charge >= 0.3 is 0 Å². The molecule has 114 valence electrons. The van der Waals surface area contributed by atoms with Crippen molar-refractivity contribution in [3.8, 4) is 0 Å². The highest BCUT2D eigenvalue weighted by molar-refractivity contribution is 7.12. The standard InChI is InChI=1S/C16H28N2OS/c1-6-12(2)18-15(19)9-10-17-11-13-7-8-14(20-13)16(3,4)5/h7-8,12,17H,6,9-11H2,1-5H3,(H,18,19). The van der Waals surface area contributed by atoms with E-state index in [0.717, 1.165) is 19.5 Å². The molecule has 0 aliphatic heterocycles. The van der Waals surface area contributed by atoms with Crippen molar-refractivity contribution in [3.63, 3.8) is 0 Å². The largest absolute Gasteiger partial charge is 0.354 e. The van der Waals surface area contributed by atoms with Gasteiger partial charge in [-0.3, -0.25) is 4.79 Å². The van der Waals surface area contributed by atoms with Crippen LogP contribution in [0.25, 0.3) is 0 Å². The second kappa shape index (κ2) is 7.79. The minimum Gasteiger partial charge on any atom is -0.354 e. The summed E-state index contributed by atoms with van der Waals surface area (Å²) in [4.78, 5) is 14.3. The minimum absolute atomic E-state index is 0.133. The van der Waals surface area contributed by atoms with Crippen molar-refractivity contribution in [1.82, 2.24) is 10.6 Å². The highest BCUT2D eigenvalue weighted by Gasteiger charge is 2.15. The van der Waals surface area contributed by atoms with E-state index < -0.39 is 0 Å². The fourth-order valence-electron chi connectivity index (χ4n) is 1.74. The summed E-state index contributed by atoms with van der Waals surface area (Å²) in [5, 5.41) is 6.31. The summed E-state index contributed by atoms with van der Waals surface area (Å²) in [5.74, 6) is 0.133. The van der Waals surface area contributed by atoms with Gasteiger partial charge in [-0.25, -0.2) is 0 Å². The van der Waals surface area contributed by atoms with Gasteiger partial charge in [-0.15, -0.1) is 11.3 Å². The second-order valence-electron chi connectivity index (χ2n) is 6.32. The second-order valence-corrected chi connectivity index (χ2v) is 7.49. The Morgan fingerprint density at radius 3 is 2.60 bits per heavy atom. The van der Waals surface area contributed by atoms with Crippen molar-refractivity contribution in [1.29, 1.82) is 0 Å². The average Bonchev–Trinajstić information content (AvgIpc) is 2.83. The van der Waals surface area contributed by atoms with Crippen molar-refractivity contribution in [2.75, 3.05) is 6.54 Å². The van der Waals surface area contributed by atoms with E-state index in [2.05, 4.69) is 50.5 Å². The monoisotopic (exact) mass is 296 g/mol. The summed E-state index contributed by atoms with van der Waals surface area (Å²) in [6.45, 7) is 12.4. The number of rotatable bonds is 7. The summed E-state index contributed by atoms with van der Waals surface area (Å²) in [6.07, 6.45) is 1.52. The molecule has 1 atom stereocenters. The Morgan fingerprint density at radius 2 is 2.05 bits per heavy atom. The zero-order valence-electron chi connectivity index (χ0n) is 13.4. The minimum atomic E-state index is 0.133. The first-order valence-corrected chi connectivity index (χ1v) is 8.24. The third-order valence-electron chi connectivity index (χ3n) is 3.25. The summed E-state index contributed by atoms with van der Waals surface area (Å²) in [7, 11) is 0. The average molecular weight is 296 g/mol. The van der Waals surface area contributed by atoms with Gasteiger partial charge in [0.1, 0.15) is 0 Å². The van der Waals surface area contributed by atoms with Crippen LogP contribution in [0.1, 0.15) is 57.2 Å². The van der Waals surface area contributed by atoms with Gasteiger partial charge in [0, 0.05) is 35.3 Å². The molecule has 0 aliphatic carbocycles. The Hall–Kier alpha value is -0.870. The molecule has 4 heteroatoms. The third kappa shape index (κ3) is 6.06. The highest BCUT2D eigenvalue weighted by Crippen LogP contribution is 2.29. The van der Waals surface area contributed by atoms with Gasteiger partial charge in [0.2, 0.25) is 5.91 Å². The molecule has 3 nitrogen and oxygen atoms in total. The molecular weight excluding hydrogens is 268 g/mol. The third-order valence-corrected chi connectivity index (χ3v) is 4.76. The molecule has 0 saturated heterocycles. The molecule has 20 heavy (non-hydrogen) atoms. The van der Waals surface area contributed by atoms with Crippen molar-refractivity contribution >= 4 is 17.2 Å². The molecule has 0 fully saturated rings. The quantitative estimate of drug-likeness (QED) is 0.757. The molecule has 1 rings (SSSR count). The van der Waals surface area contributed by atoms with Crippen molar-refractivity contribution < 1.29 is 4.79 Å². The Labute approximate surface area is 127 Å². The van der Waals surface area contributed by atoms with Crippen molar-refractivity contribution in [2.24, 2.45) is 0 Å². The Bertz CT molecular complexity index is 420. The topological polar surface area (TPSA) is 41.1 Å². The van der Waals surface area contributed by atoms with Crippen molar-refractivity contribution in [2.45, 2.75) is 65.5 Å². The van der Waals surface area contributed by atoms with Gasteiger partial charge in [-0.1, -0.05) is 27.7 Å². The molecule has 0 radical (unpaired) electrons. The summed E-state index contributed by atoms with van der Waals surface area (Å²) in [6, 6.07) is 4.66. The predicted octanol–water partition coefficient (Wildman–Crippen LogP) is 3.44. The van der Waals surface area contributed by atoms with E-state index in [-0.39, 0.29) is 17.4 Å². The normalized spacial score (nSPS) is 13.2. The molecule has 0 spiro atoms. The number of nitrogens with one attached hydrogen (secondary N) is 2. The summed E-state index contributed by atoms with van der Waals surface area (Å²) in [5.41, 5.74) is 0.221. The zero-order chi connectivity index (χ0) is 15.2. The molecule has 0 bridgehead atoms. The van der Waals surface area contributed by atoms with Crippen LogP contribution in [-0.2, 0) is 16.8 Å². The van der Waals surface area contributed by atoms with Crippen LogP contribution in [0.5, 0.6) is 0 Å². The lowest BCUT2D eigenvalue weighted by Gasteiger charge is -2.15. The molecule has 1 unspecified atom stereocenters. The van der Waals surface area contributed by atoms with Gasteiger partial charge in [0.15, 0.2) is 0 Å². The van der Waals surface area contributed by atoms with E-state index >= 15 is 0 Å². The smallest absolute Gasteiger partial charge is 0.221 e. The fraction of sp³-hybridized carbons (Fsp3) is 0.688. The number of amides is 1. The summed E-state index contributed by atoms with van der Waals surface area (Å²) >= 11 is 1.85. The van der Waals surface area contributed by atoms with E-state index in [4.69, 9.17) is 0 Å². The molecule has 0 aliphatic rings. The lowest BCUT2D eigenvalue weighted by atomic mass is 9.95. The fourth-order valence-corrected chi connectivity index (χ4v) is 2.77. The number of carbonyl (C=O) groups is 1. The maximum absolute atomic E-state index is 11.6. The molecule has 1 aromatic heterocycles. The van der Waals surface area contributed by atoms with Gasteiger partial charge in [-0.2, -0.15) is 0 Å². The van der Waals surface area contributed by atoms with Crippen LogP contribution >= 0.6 is 11.3 Å². The first kappa shape index (κ1) is 17.2. The number of hydrogen-bond donors (Lipinski definition) is 2. The number of carbonyl (C=O) groups excluding carboxylic acids is 1. The molecule has 1 aromatic rings. The van der Waals surface area contributed by atoms with E-state index in [9.17, 15) is 4.79 Å².